The fourth-order valence-corrected chi connectivity index (χ4v) is 4.31. The number of thiophene rings is 1. The van der Waals surface area contributed by atoms with Gasteiger partial charge in [0.15, 0.2) is 5.96 Å². The molecule has 1 rings (SSSR count). The van der Waals surface area contributed by atoms with Crippen molar-refractivity contribution < 1.29 is 8.42 Å². The molecule has 1 aromatic rings. The topological polar surface area (TPSA) is 82.6 Å². The van der Waals surface area contributed by atoms with Gasteiger partial charge in [-0.3, -0.25) is 4.99 Å². The van der Waals surface area contributed by atoms with Crippen molar-refractivity contribution in [3.05, 3.63) is 17.5 Å². The summed E-state index contributed by atoms with van der Waals surface area (Å²) in [6.45, 7) is 4.36. The lowest BCUT2D eigenvalue weighted by Gasteiger charge is -2.11. The van der Waals surface area contributed by atoms with Crippen molar-refractivity contribution in [2.24, 2.45) is 4.99 Å². The summed E-state index contributed by atoms with van der Waals surface area (Å²) in [5.74, 6) is 1.89. The van der Waals surface area contributed by atoms with Crippen LogP contribution in [-0.4, -0.2) is 52.6 Å². The first kappa shape index (κ1) is 24.0. The van der Waals surface area contributed by atoms with E-state index in [0.717, 1.165) is 37.6 Å². The van der Waals surface area contributed by atoms with Crippen molar-refractivity contribution >= 4 is 63.1 Å². The molecule has 0 unspecified atom stereocenters. The molecule has 0 atom stereocenters. The van der Waals surface area contributed by atoms with Gasteiger partial charge in [0.25, 0.3) is 0 Å². The second kappa shape index (κ2) is 14.2. The van der Waals surface area contributed by atoms with Gasteiger partial charge in [0.1, 0.15) is 4.21 Å². The summed E-state index contributed by atoms with van der Waals surface area (Å²) >= 11 is 3.06. The third-order valence-corrected chi connectivity index (χ3v) is 6.40. The third kappa shape index (κ3) is 10.1. The van der Waals surface area contributed by atoms with Crippen LogP contribution in [0.15, 0.2) is 26.7 Å². The highest BCUT2D eigenvalue weighted by Crippen LogP contribution is 2.14. The predicted octanol–water partition coefficient (Wildman–Crippen LogP) is 2.34. The molecule has 3 N–H and O–H groups in total. The molecule has 0 bridgehead atoms. The van der Waals surface area contributed by atoms with E-state index < -0.39 is 10.0 Å². The van der Waals surface area contributed by atoms with Gasteiger partial charge in [0, 0.05) is 26.2 Å². The van der Waals surface area contributed by atoms with E-state index in [1.165, 1.54) is 11.3 Å². The minimum Gasteiger partial charge on any atom is -0.357 e. The molecule has 0 amide bonds. The first-order chi connectivity index (χ1) is 11.1. The molecule has 0 saturated carbocycles. The normalized spacial score (nSPS) is 11.8. The Labute approximate surface area is 170 Å². The number of sulfonamides is 1. The Balaban J connectivity index is 0.00000529. The zero-order chi connectivity index (χ0) is 17.0. The van der Waals surface area contributed by atoms with Crippen LogP contribution in [0.25, 0.3) is 0 Å². The molecule has 24 heavy (non-hydrogen) atoms. The van der Waals surface area contributed by atoms with Crippen LogP contribution < -0.4 is 15.4 Å². The lowest BCUT2D eigenvalue weighted by Crippen LogP contribution is -2.41. The summed E-state index contributed by atoms with van der Waals surface area (Å²) in [5, 5.41) is 8.05. The maximum Gasteiger partial charge on any atom is 0.250 e. The highest BCUT2D eigenvalue weighted by Gasteiger charge is 2.13. The molecule has 0 aliphatic heterocycles. The number of thioether (sulfide) groups is 1. The average Bonchev–Trinajstić information content (AvgIpc) is 3.06. The van der Waals surface area contributed by atoms with E-state index in [9.17, 15) is 8.42 Å². The molecular formula is C14H27IN4O2S3. The van der Waals surface area contributed by atoms with Crippen LogP contribution in [0.4, 0.5) is 0 Å². The zero-order valence-corrected chi connectivity index (χ0v) is 18.9. The SMILES string of the molecule is CCNC(=NCCCCSC)NCCNS(=O)(=O)c1cccs1.I. The average molecular weight is 507 g/mol. The smallest absolute Gasteiger partial charge is 0.250 e. The van der Waals surface area contributed by atoms with E-state index in [4.69, 9.17) is 0 Å². The van der Waals surface area contributed by atoms with E-state index >= 15 is 0 Å². The molecule has 10 heteroatoms. The Bertz CT molecular complexity index is 550. The number of unbranched alkanes of at least 4 members (excludes halogenated alkanes) is 1. The highest BCUT2D eigenvalue weighted by molar-refractivity contribution is 14.0. The number of hydrogen-bond acceptors (Lipinski definition) is 5. The van der Waals surface area contributed by atoms with E-state index in [1.54, 1.807) is 17.5 Å². The van der Waals surface area contributed by atoms with Crippen molar-refractivity contribution in [2.75, 3.05) is 38.2 Å². The quantitative estimate of drug-likeness (QED) is 0.186. The lowest BCUT2D eigenvalue weighted by atomic mass is 10.3. The van der Waals surface area contributed by atoms with Crippen LogP contribution in [0, 0.1) is 0 Å². The Kier molecular flexibility index (Phi) is 14.1. The van der Waals surface area contributed by atoms with Gasteiger partial charge in [0.2, 0.25) is 10.0 Å². The second-order valence-corrected chi connectivity index (χ2v) is 8.64. The van der Waals surface area contributed by atoms with Crippen molar-refractivity contribution in [3.63, 3.8) is 0 Å². The highest BCUT2D eigenvalue weighted by atomic mass is 127. The molecule has 0 fully saturated rings. The van der Waals surface area contributed by atoms with Crippen molar-refractivity contribution in [1.29, 1.82) is 0 Å². The van der Waals surface area contributed by atoms with Gasteiger partial charge in [0.05, 0.1) is 0 Å². The first-order valence-electron chi connectivity index (χ1n) is 7.64. The largest absolute Gasteiger partial charge is 0.357 e. The number of guanidine groups is 1. The molecule has 140 valence electrons. The Morgan fingerprint density at radius 1 is 1.29 bits per heavy atom. The van der Waals surface area contributed by atoms with Crippen molar-refractivity contribution in [1.82, 2.24) is 15.4 Å². The molecule has 0 aliphatic rings. The second-order valence-electron chi connectivity index (χ2n) is 4.72. The van der Waals surface area contributed by atoms with E-state index in [1.807, 2.05) is 18.7 Å². The first-order valence-corrected chi connectivity index (χ1v) is 11.4. The lowest BCUT2D eigenvalue weighted by molar-refractivity contribution is 0.582. The monoisotopic (exact) mass is 506 g/mol. The van der Waals surface area contributed by atoms with Gasteiger partial charge in [-0.15, -0.1) is 35.3 Å². The summed E-state index contributed by atoms with van der Waals surface area (Å²) in [7, 11) is -3.39. The molecular weight excluding hydrogens is 479 g/mol. The molecule has 1 aromatic heterocycles. The van der Waals surface area contributed by atoms with Crippen LogP contribution in [0.2, 0.25) is 0 Å². The Morgan fingerprint density at radius 2 is 2.08 bits per heavy atom. The Morgan fingerprint density at radius 3 is 2.71 bits per heavy atom. The van der Waals surface area contributed by atoms with Crippen molar-refractivity contribution in [2.45, 2.75) is 24.0 Å². The maximum atomic E-state index is 12.0. The van der Waals surface area contributed by atoms with Gasteiger partial charge in [-0.1, -0.05) is 6.07 Å². The van der Waals surface area contributed by atoms with E-state index in [2.05, 4.69) is 26.6 Å². The van der Waals surface area contributed by atoms with Gasteiger partial charge in [-0.2, -0.15) is 11.8 Å². The minimum absolute atomic E-state index is 0. The number of rotatable bonds is 11. The minimum atomic E-state index is -3.39. The maximum absolute atomic E-state index is 12.0. The zero-order valence-electron chi connectivity index (χ0n) is 14.1. The molecule has 0 radical (unpaired) electrons. The number of hydrogen-bond donors (Lipinski definition) is 3. The van der Waals surface area contributed by atoms with Gasteiger partial charge in [-0.05, 0) is 43.2 Å². The van der Waals surface area contributed by atoms with Gasteiger partial charge in [-0.25, -0.2) is 13.1 Å². The fraction of sp³-hybridized carbons (Fsp3) is 0.643. The van der Waals surface area contributed by atoms with Crippen LogP contribution in [0.5, 0.6) is 0 Å². The standard InChI is InChI=1S/C14H26N4O2S3.HI/c1-3-15-14(16-8-4-5-11-21-2)17-9-10-18-23(19,20)13-7-6-12-22-13;/h6-7,12,18H,3-5,8-11H2,1-2H3,(H2,15,16,17);1H. The summed E-state index contributed by atoms with van der Waals surface area (Å²) in [4.78, 5) is 4.48. The van der Waals surface area contributed by atoms with Crippen LogP contribution >= 0.6 is 47.1 Å². The van der Waals surface area contributed by atoms with Crippen molar-refractivity contribution in [3.8, 4) is 0 Å². The summed E-state index contributed by atoms with van der Waals surface area (Å²) in [6, 6.07) is 3.32. The fourth-order valence-electron chi connectivity index (χ4n) is 1.74. The third-order valence-electron chi connectivity index (χ3n) is 2.84. The summed E-state index contributed by atoms with van der Waals surface area (Å²) < 4.78 is 26.8. The van der Waals surface area contributed by atoms with Crippen LogP contribution in [0.1, 0.15) is 19.8 Å². The number of halogens is 1. The van der Waals surface area contributed by atoms with Gasteiger partial charge >= 0.3 is 0 Å². The molecule has 0 aromatic carbocycles. The number of nitrogens with one attached hydrogen (secondary N) is 3. The van der Waals surface area contributed by atoms with E-state index in [0.29, 0.717) is 17.3 Å². The Hall–Kier alpha value is -0.0400. The molecule has 6 nitrogen and oxygen atoms in total. The predicted molar refractivity (Wildman–Crippen MR) is 117 cm³/mol. The molecule has 0 saturated heterocycles. The molecule has 0 spiro atoms. The number of nitrogens with zero attached hydrogens (tertiary/aromatic N) is 1. The number of aliphatic imine (C=N–C) groups is 1. The molecule has 0 aliphatic carbocycles. The van der Waals surface area contributed by atoms with E-state index in [-0.39, 0.29) is 24.0 Å². The van der Waals surface area contributed by atoms with Gasteiger partial charge < -0.3 is 10.6 Å². The van der Waals surface area contributed by atoms with Crippen LogP contribution in [0.3, 0.4) is 0 Å². The summed E-state index contributed by atoms with van der Waals surface area (Å²) in [5.41, 5.74) is 0. The van der Waals surface area contributed by atoms with Crippen LogP contribution in [-0.2, 0) is 10.0 Å². The summed E-state index contributed by atoms with van der Waals surface area (Å²) in [6.07, 6.45) is 4.32. The molecule has 1 heterocycles.